The van der Waals surface area contributed by atoms with E-state index in [1.165, 1.54) is 19.3 Å². The van der Waals surface area contributed by atoms with Crippen molar-refractivity contribution in [3.05, 3.63) is 41.2 Å². The van der Waals surface area contributed by atoms with Crippen molar-refractivity contribution in [1.29, 1.82) is 0 Å². The van der Waals surface area contributed by atoms with Crippen molar-refractivity contribution in [3.63, 3.8) is 0 Å². The van der Waals surface area contributed by atoms with Crippen LogP contribution in [0, 0.1) is 29.1 Å². The van der Waals surface area contributed by atoms with Crippen LogP contribution in [0.4, 0.5) is 26.7 Å². The molecule has 0 spiro atoms. The Morgan fingerprint density at radius 2 is 1.68 bits per heavy atom. The minimum Gasteiger partial charge on any atom is -0.426 e. The monoisotopic (exact) mass is 497 g/mol. The van der Waals surface area contributed by atoms with Crippen LogP contribution in [-0.2, 0) is 19.0 Å². The van der Waals surface area contributed by atoms with E-state index in [0.717, 1.165) is 0 Å². The number of carbonyl (C=O) groups excluding carboxylic acids is 2. The summed E-state index contributed by atoms with van der Waals surface area (Å²) in [6.07, 6.45) is 0.0844. The van der Waals surface area contributed by atoms with Gasteiger partial charge < -0.3 is 29.4 Å². The fourth-order valence-electron chi connectivity index (χ4n) is 3.05. The molecule has 1 amide bonds. The molecule has 0 aromatic heterocycles. The minimum absolute atomic E-state index is 0.0710. The summed E-state index contributed by atoms with van der Waals surface area (Å²) in [5.41, 5.74) is -1.80. The van der Waals surface area contributed by atoms with E-state index in [-0.39, 0.29) is 38.8 Å². The van der Waals surface area contributed by atoms with Crippen molar-refractivity contribution in [1.82, 2.24) is 5.32 Å². The lowest BCUT2D eigenvalue weighted by Crippen LogP contribution is -2.48. The number of amides is 1. The molecule has 0 saturated carbocycles. The molecule has 1 aliphatic carbocycles. The summed E-state index contributed by atoms with van der Waals surface area (Å²) < 4.78 is 86.1. The molecule has 2 rings (SSSR count). The second-order valence-electron chi connectivity index (χ2n) is 7.31. The van der Waals surface area contributed by atoms with Crippen molar-refractivity contribution < 1.29 is 55.6 Å². The first-order chi connectivity index (χ1) is 16.1. The number of nitrogens with one attached hydrogen (secondary N) is 1. The predicted octanol–water partition coefficient (Wildman–Crippen LogP) is 2.91. The third-order valence-electron chi connectivity index (χ3n) is 4.91. The highest BCUT2D eigenvalue weighted by atomic mass is 19.2. The Bertz CT molecular complexity index is 885. The second-order valence-corrected chi connectivity index (χ2v) is 7.31. The van der Waals surface area contributed by atoms with E-state index in [1.807, 2.05) is 0 Å². The number of hydrogen-bond acceptors (Lipinski definition) is 7. The number of aliphatic hydroxyl groups is 1. The van der Waals surface area contributed by atoms with E-state index in [4.69, 9.17) is 14.2 Å². The van der Waals surface area contributed by atoms with Crippen molar-refractivity contribution in [2.45, 2.75) is 37.4 Å². The van der Waals surface area contributed by atoms with Gasteiger partial charge in [-0.3, -0.25) is 4.79 Å². The van der Waals surface area contributed by atoms with Crippen LogP contribution in [-0.4, -0.2) is 62.3 Å². The number of carbonyl (C=O) groups is 2. The molecule has 0 saturated heterocycles. The molecule has 0 unspecified atom stereocenters. The quantitative estimate of drug-likeness (QED) is 0.103. The smallest absolute Gasteiger partial charge is 0.426 e. The molecule has 1 aromatic rings. The maximum Gasteiger partial charge on any atom is 0.514 e. The molecule has 0 fully saturated rings. The molecule has 0 heterocycles. The summed E-state index contributed by atoms with van der Waals surface area (Å²) in [6, 6.07) is 0. The van der Waals surface area contributed by atoms with Gasteiger partial charge in [-0.2, -0.15) is 8.78 Å². The molecule has 0 bridgehead atoms. The van der Waals surface area contributed by atoms with Gasteiger partial charge in [0, 0.05) is 13.7 Å². The van der Waals surface area contributed by atoms with Gasteiger partial charge in [0.2, 0.25) is 34.8 Å². The van der Waals surface area contributed by atoms with Crippen LogP contribution in [0.25, 0.3) is 0 Å². The Balaban J connectivity index is 1.94. The van der Waals surface area contributed by atoms with Gasteiger partial charge in [0.15, 0.2) is 0 Å². The highest BCUT2D eigenvalue weighted by Crippen LogP contribution is 2.30. The summed E-state index contributed by atoms with van der Waals surface area (Å²) in [5, 5.41) is 13.3. The van der Waals surface area contributed by atoms with Crippen LogP contribution < -0.4 is 10.1 Å². The van der Waals surface area contributed by atoms with Gasteiger partial charge in [-0.05, 0) is 31.8 Å². The third-order valence-corrected chi connectivity index (χ3v) is 4.91. The van der Waals surface area contributed by atoms with Gasteiger partial charge in [0.25, 0.3) is 5.91 Å². The fourth-order valence-corrected chi connectivity index (χ4v) is 3.05. The summed E-state index contributed by atoms with van der Waals surface area (Å²) >= 11 is 0. The average Bonchev–Trinajstić information content (AvgIpc) is 2.81. The molecule has 13 heteroatoms. The number of benzene rings is 1. The number of ether oxygens (including phenoxy) is 4. The van der Waals surface area contributed by atoms with Crippen LogP contribution in [0.5, 0.6) is 5.75 Å². The zero-order valence-electron chi connectivity index (χ0n) is 18.2. The molecule has 190 valence electrons. The van der Waals surface area contributed by atoms with Gasteiger partial charge in [-0.1, -0.05) is 6.08 Å². The van der Waals surface area contributed by atoms with E-state index >= 15 is 0 Å². The first-order valence-electron chi connectivity index (χ1n) is 10.2. The van der Waals surface area contributed by atoms with Gasteiger partial charge in [-0.15, -0.1) is 0 Å². The van der Waals surface area contributed by atoms with E-state index in [9.17, 15) is 36.6 Å². The Morgan fingerprint density at radius 1 is 1.03 bits per heavy atom. The first kappa shape index (κ1) is 27.5. The molecule has 2 N–H and O–H groups in total. The fraction of sp³-hybridized carbons (Fsp3) is 0.524. The first-order valence-corrected chi connectivity index (χ1v) is 10.2. The van der Waals surface area contributed by atoms with Gasteiger partial charge in [0.05, 0.1) is 19.8 Å². The van der Waals surface area contributed by atoms with Gasteiger partial charge in [0.1, 0.15) is 11.7 Å². The van der Waals surface area contributed by atoms with Crippen molar-refractivity contribution in [2.24, 2.45) is 0 Å². The number of rotatable bonds is 9. The maximum absolute atomic E-state index is 13.7. The molecule has 2 atom stereocenters. The molecule has 34 heavy (non-hydrogen) atoms. The number of hydrogen-bond donors (Lipinski definition) is 2. The second kappa shape index (κ2) is 12.6. The largest absolute Gasteiger partial charge is 0.514 e. The third kappa shape index (κ3) is 7.11. The molecule has 0 radical (unpaired) electrons. The summed E-state index contributed by atoms with van der Waals surface area (Å²) in [7, 11) is 1.51. The topological polar surface area (TPSA) is 103 Å². The SMILES string of the molecule is COCCOCCNC(=O)[C@]1(O)CC/C=C/[C@H](OC(=O)Oc2c(F)c(F)c(F)c(F)c2F)CC1. The van der Waals surface area contributed by atoms with Crippen LogP contribution in [0.2, 0.25) is 0 Å². The highest BCUT2D eigenvalue weighted by molar-refractivity contribution is 5.84. The Labute approximate surface area is 191 Å². The number of allylic oxidation sites excluding steroid dienone is 1. The lowest BCUT2D eigenvalue weighted by atomic mass is 9.87. The predicted molar refractivity (Wildman–Crippen MR) is 105 cm³/mol. The lowest BCUT2D eigenvalue weighted by molar-refractivity contribution is -0.142. The van der Waals surface area contributed by atoms with Crippen molar-refractivity contribution >= 4 is 12.1 Å². The van der Waals surface area contributed by atoms with Crippen molar-refractivity contribution in [2.75, 3.05) is 33.5 Å². The van der Waals surface area contributed by atoms with Crippen molar-refractivity contribution in [3.8, 4) is 5.75 Å². The average molecular weight is 497 g/mol. The number of methoxy groups -OCH3 is 1. The summed E-state index contributed by atoms with van der Waals surface area (Å²) in [4.78, 5) is 24.3. The Morgan fingerprint density at radius 3 is 2.32 bits per heavy atom. The Kier molecular flexibility index (Phi) is 10.2. The van der Waals surface area contributed by atoms with Crippen LogP contribution in [0.15, 0.2) is 12.2 Å². The maximum atomic E-state index is 13.7. The summed E-state index contributed by atoms with van der Waals surface area (Å²) in [5.74, 6) is -14.1. The number of halogens is 5. The zero-order valence-corrected chi connectivity index (χ0v) is 18.2. The zero-order chi connectivity index (χ0) is 25.3. The lowest BCUT2D eigenvalue weighted by Gasteiger charge is -2.29. The van der Waals surface area contributed by atoms with Crippen LogP contribution in [0.1, 0.15) is 25.7 Å². The molecule has 1 aliphatic rings. The molecular formula is C21H24F5NO7. The van der Waals surface area contributed by atoms with Gasteiger partial charge >= 0.3 is 6.16 Å². The minimum atomic E-state index is -2.40. The van der Waals surface area contributed by atoms with E-state index < -0.39 is 58.6 Å². The standard InChI is InChI=1S/C21H24F5NO7/c1-31-10-11-32-9-8-27-19(28)21(30)6-3-2-4-12(5-7-21)33-20(29)34-18-16(25)14(23)13(22)15(24)17(18)26/h2,4,12,30H,3,5-11H2,1H3,(H,27,28)/b4-2+/t12-,21-/m0/s1. The summed E-state index contributed by atoms with van der Waals surface area (Å²) in [6.45, 7) is 1.05. The Hall–Kier alpha value is -2.77. The molecule has 0 aliphatic heterocycles. The van der Waals surface area contributed by atoms with Crippen LogP contribution >= 0.6 is 0 Å². The van der Waals surface area contributed by atoms with E-state index in [2.05, 4.69) is 10.1 Å². The van der Waals surface area contributed by atoms with E-state index in [0.29, 0.717) is 13.2 Å². The molecule has 1 aromatic carbocycles. The van der Waals surface area contributed by atoms with Gasteiger partial charge in [-0.25, -0.2) is 18.0 Å². The van der Waals surface area contributed by atoms with Crippen LogP contribution in [0.3, 0.4) is 0 Å². The highest BCUT2D eigenvalue weighted by Gasteiger charge is 2.37. The normalized spacial score (nSPS) is 21.3. The molecule has 8 nitrogen and oxygen atoms in total. The molecular weight excluding hydrogens is 473 g/mol. The van der Waals surface area contributed by atoms with E-state index in [1.54, 1.807) is 0 Å².